The van der Waals surface area contributed by atoms with E-state index >= 15 is 0 Å². The molecule has 5 nitrogen and oxygen atoms in total. The molecular weight excluding hydrogens is 338 g/mol. The van der Waals surface area contributed by atoms with Gasteiger partial charge in [0.05, 0.1) is 6.20 Å². The van der Waals surface area contributed by atoms with E-state index in [9.17, 15) is 4.79 Å². The van der Waals surface area contributed by atoms with Gasteiger partial charge in [-0.2, -0.15) is 0 Å². The van der Waals surface area contributed by atoms with E-state index in [1.54, 1.807) is 6.20 Å². The molecule has 3 aromatic rings. The van der Waals surface area contributed by atoms with E-state index in [4.69, 9.17) is 4.42 Å². The number of amides is 1. The lowest BCUT2D eigenvalue weighted by molar-refractivity contribution is -0.131. The molecule has 2 aromatic carbocycles. The fourth-order valence-electron chi connectivity index (χ4n) is 3.39. The van der Waals surface area contributed by atoms with Gasteiger partial charge in [-0.05, 0) is 12.1 Å². The number of rotatable bonds is 5. The summed E-state index contributed by atoms with van der Waals surface area (Å²) < 4.78 is 5.79. The van der Waals surface area contributed by atoms with Crippen molar-refractivity contribution in [2.45, 2.75) is 12.8 Å². The number of aryl methyl sites for hydroxylation is 1. The quantitative estimate of drug-likeness (QED) is 0.696. The first-order valence-corrected chi connectivity index (χ1v) is 9.37. The molecule has 138 valence electrons. The Bertz CT molecular complexity index is 869. The molecular formula is C22H23N3O2. The summed E-state index contributed by atoms with van der Waals surface area (Å²) in [6.45, 7) is 3.25. The first kappa shape index (κ1) is 17.3. The van der Waals surface area contributed by atoms with E-state index in [1.165, 1.54) is 5.69 Å². The molecule has 0 unspecified atom stereocenters. The number of oxazole rings is 1. The van der Waals surface area contributed by atoms with Gasteiger partial charge in [0.2, 0.25) is 5.91 Å². The van der Waals surface area contributed by atoms with Gasteiger partial charge in [0.1, 0.15) is 0 Å². The molecule has 5 heteroatoms. The summed E-state index contributed by atoms with van der Waals surface area (Å²) in [7, 11) is 0. The van der Waals surface area contributed by atoms with Gasteiger partial charge in [-0.25, -0.2) is 4.98 Å². The highest BCUT2D eigenvalue weighted by Crippen LogP contribution is 2.21. The van der Waals surface area contributed by atoms with Gasteiger partial charge in [0.25, 0.3) is 0 Å². The summed E-state index contributed by atoms with van der Waals surface area (Å²) in [5.74, 6) is 1.53. The van der Waals surface area contributed by atoms with E-state index in [0.717, 1.165) is 37.5 Å². The number of carbonyl (C=O) groups excluding carboxylic acids is 1. The van der Waals surface area contributed by atoms with Crippen LogP contribution in [0.4, 0.5) is 5.69 Å². The maximum Gasteiger partial charge on any atom is 0.223 e. The Labute approximate surface area is 159 Å². The molecule has 0 atom stereocenters. The van der Waals surface area contributed by atoms with Gasteiger partial charge in [0, 0.05) is 50.3 Å². The first-order valence-electron chi connectivity index (χ1n) is 9.37. The topological polar surface area (TPSA) is 49.6 Å². The largest absolute Gasteiger partial charge is 0.441 e. The Morgan fingerprint density at radius 1 is 0.926 bits per heavy atom. The van der Waals surface area contributed by atoms with Crippen LogP contribution >= 0.6 is 0 Å². The molecule has 2 heterocycles. The van der Waals surface area contributed by atoms with Gasteiger partial charge in [-0.3, -0.25) is 4.79 Å². The van der Waals surface area contributed by atoms with E-state index in [0.29, 0.717) is 18.7 Å². The van der Waals surface area contributed by atoms with Crippen molar-refractivity contribution in [3.63, 3.8) is 0 Å². The molecule has 1 amide bonds. The van der Waals surface area contributed by atoms with Crippen LogP contribution in [-0.2, 0) is 11.2 Å². The molecule has 1 saturated heterocycles. The molecule has 1 aliphatic heterocycles. The van der Waals surface area contributed by atoms with Gasteiger partial charge in [-0.15, -0.1) is 0 Å². The molecule has 0 radical (unpaired) electrons. The number of benzene rings is 2. The molecule has 1 aromatic heterocycles. The van der Waals surface area contributed by atoms with Crippen molar-refractivity contribution < 1.29 is 9.21 Å². The van der Waals surface area contributed by atoms with E-state index in [2.05, 4.69) is 22.0 Å². The second-order valence-electron chi connectivity index (χ2n) is 6.69. The SMILES string of the molecule is O=C(CCc1ncc(-c2ccccc2)o1)N1CCN(c2ccccc2)CC1. The lowest BCUT2D eigenvalue weighted by Gasteiger charge is -2.36. The van der Waals surface area contributed by atoms with E-state index in [-0.39, 0.29) is 5.91 Å². The lowest BCUT2D eigenvalue weighted by Crippen LogP contribution is -2.48. The third kappa shape index (κ3) is 4.19. The molecule has 0 bridgehead atoms. The van der Waals surface area contributed by atoms with Crippen molar-refractivity contribution in [2.24, 2.45) is 0 Å². The van der Waals surface area contributed by atoms with Crippen LogP contribution < -0.4 is 4.90 Å². The number of hydrogen-bond acceptors (Lipinski definition) is 4. The van der Waals surface area contributed by atoms with E-state index in [1.807, 2.05) is 53.4 Å². The number of carbonyl (C=O) groups is 1. The highest BCUT2D eigenvalue weighted by molar-refractivity contribution is 5.76. The Morgan fingerprint density at radius 3 is 2.30 bits per heavy atom. The summed E-state index contributed by atoms with van der Waals surface area (Å²) in [4.78, 5) is 21.1. The van der Waals surface area contributed by atoms with Crippen molar-refractivity contribution in [1.82, 2.24) is 9.88 Å². The van der Waals surface area contributed by atoms with E-state index < -0.39 is 0 Å². The van der Waals surface area contributed by atoms with Gasteiger partial charge in [-0.1, -0.05) is 48.5 Å². The zero-order valence-corrected chi connectivity index (χ0v) is 15.3. The minimum Gasteiger partial charge on any atom is -0.441 e. The third-order valence-corrected chi connectivity index (χ3v) is 4.92. The van der Waals surface area contributed by atoms with Crippen LogP contribution in [0.5, 0.6) is 0 Å². The van der Waals surface area contributed by atoms with Crippen molar-refractivity contribution in [3.8, 4) is 11.3 Å². The van der Waals surface area contributed by atoms with Crippen LogP contribution in [0.15, 0.2) is 71.3 Å². The minimum absolute atomic E-state index is 0.169. The number of nitrogens with zero attached hydrogens (tertiary/aromatic N) is 3. The predicted octanol–water partition coefficient (Wildman–Crippen LogP) is 3.62. The number of para-hydroxylation sites is 1. The van der Waals surface area contributed by atoms with Crippen LogP contribution in [0.1, 0.15) is 12.3 Å². The second-order valence-corrected chi connectivity index (χ2v) is 6.69. The monoisotopic (exact) mass is 361 g/mol. The Hall–Kier alpha value is -3.08. The molecule has 1 fully saturated rings. The molecule has 27 heavy (non-hydrogen) atoms. The zero-order valence-electron chi connectivity index (χ0n) is 15.3. The first-order chi connectivity index (χ1) is 13.3. The minimum atomic E-state index is 0.169. The average Bonchev–Trinajstić information content (AvgIpc) is 3.22. The van der Waals surface area contributed by atoms with Gasteiger partial charge in [0.15, 0.2) is 11.7 Å². The molecule has 0 aliphatic carbocycles. The summed E-state index contributed by atoms with van der Waals surface area (Å²) in [6, 6.07) is 20.2. The van der Waals surface area contributed by atoms with Gasteiger partial charge >= 0.3 is 0 Å². The second kappa shape index (κ2) is 8.08. The molecule has 1 aliphatic rings. The average molecular weight is 361 g/mol. The number of aromatic nitrogens is 1. The fraction of sp³-hybridized carbons (Fsp3) is 0.273. The highest BCUT2D eigenvalue weighted by atomic mass is 16.4. The molecule has 0 spiro atoms. The van der Waals surface area contributed by atoms with Crippen LogP contribution in [-0.4, -0.2) is 42.0 Å². The lowest BCUT2D eigenvalue weighted by atomic mass is 10.2. The zero-order chi connectivity index (χ0) is 18.5. The standard InChI is InChI=1S/C22H23N3O2/c26-22(25-15-13-24(14-16-25)19-9-5-2-6-10-19)12-11-21-23-17-20(27-21)18-7-3-1-4-8-18/h1-10,17H,11-16H2. The number of anilines is 1. The molecule has 0 N–H and O–H groups in total. The van der Waals surface area contributed by atoms with Crippen molar-refractivity contribution in [1.29, 1.82) is 0 Å². The van der Waals surface area contributed by atoms with Crippen LogP contribution in [0.25, 0.3) is 11.3 Å². The van der Waals surface area contributed by atoms with Crippen molar-refractivity contribution in [2.75, 3.05) is 31.1 Å². The predicted molar refractivity (Wildman–Crippen MR) is 105 cm³/mol. The maximum absolute atomic E-state index is 12.5. The summed E-state index contributed by atoms with van der Waals surface area (Å²) >= 11 is 0. The maximum atomic E-state index is 12.5. The smallest absolute Gasteiger partial charge is 0.223 e. The Balaban J connectivity index is 1.27. The highest BCUT2D eigenvalue weighted by Gasteiger charge is 2.21. The Kier molecular flexibility index (Phi) is 5.19. The van der Waals surface area contributed by atoms with Crippen molar-refractivity contribution >= 4 is 11.6 Å². The van der Waals surface area contributed by atoms with Gasteiger partial charge < -0.3 is 14.2 Å². The normalized spacial score (nSPS) is 14.4. The number of piperazine rings is 1. The van der Waals surface area contributed by atoms with Crippen LogP contribution in [0.2, 0.25) is 0 Å². The van der Waals surface area contributed by atoms with Crippen molar-refractivity contribution in [3.05, 3.63) is 72.8 Å². The fourth-order valence-corrected chi connectivity index (χ4v) is 3.39. The van der Waals surface area contributed by atoms with Crippen LogP contribution in [0, 0.1) is 0 Å². The Morgan fingerprint density at radius 2 is 1.59 bits per heavy atom. The van der Waals surface area contributed by atoms with Crippen LogP contribution in [0.3, 0.4) is 0 Å². The summed E-state index contributed by atoms with van der Waals surface area (Å²) in [5, 5.41) is 0. The molecule has 0 saturated carbocycles. The molecule has 4 rings (SSSR count). The summed E-state index contributed by atoms with van der Waals surface area (Å²) in [5.41, 5.74) is 2.22. The third-order valence-electron chi connectivity index (χ3n) is 4.92. The summed E-state index contributed by atoms with van der Waals surface area (Å²) in [6.07, 6.45) is 2.69. The number of hydrogen-bond donors (Lipinski definition) is 0.